The normalized spacial score (nSPS) is 10.1. The number of ketones is 1. The van der Waals surface area contributed by atoms with E-state index in [0.717, 1.165) is 6.42 Å². The lowest BCUT2D eigenvalue weighted by atomic mass is 10.1. The maximum absolute atomic E-state index is 11.7. The molecular weight excluding hydrogens is 226 g/mol. The molecule has 88 valence electrons. The number of nitrogens with zero attached hydrogens (tertiary/aromatic N) is 1. The highest BCUT2D eigenvalue weighted by Gasteiger charge is 2.07. The molecule has 0 aromatic carbocycles. The molecule has 3 nitrogen and oxygen atoms in total. The molecule has 1 heterocycles. The van der Waals surface area contributed by atoms with Crippen molar-refractivity contribution in [1.29, 1.82) is 0 Å². The Morgan fingerprint density at radius 3 is 3.00 bits per heavy atom. The number of Topliss-reactive ketones (excluding diaryl/α,β-unsaturated/α-hetero) is 1. The highest BCUT2D eigenvalue weighted by Crippen LogP contribution is 2.13. The van der Waals surface area contributed by atoms with Gasteiger partial charge in [0, 0.05) is 24.1 Å². The van der Waals surface area contributed by atoms with E-state index < -0.39 is 0 Å². The molecule has 1 aromatic heterocycles. The molecule has 4 heteroatoms. The average Bonchev–Trinajstić information content (AvgIpc) is 2.33. The fourth-order valence-electron chi connectivity index (χ4n) is 1.24. The molecule has 0 aliphatic rings. The summed E-state index contributed by atoms with van der Waals surface area (Å²) in [6.45, 7) is 2.67. The quantitative estimate of drug-likeness (QED) is 0.544. The first-order valence-corrected chi connectivity index (χ1v) is 5.98. The molecule has 1 rings (SSSR count). The number of pyridine rings is 1. The van der Waals surface area contributed by atoms with Gasteiger partial charge in [0.2, 0.25) is 0 Å². The lowest BCUT2D eigenvalue weighted by Gasteiger charge is -2.05. The van der Waals surface area contributed by atoms with Gasteiger partial charge < -0.3 is 4.74 Å². The first-order chi connectivity index (χ1) is 7.77. The summed E-state index contributed by atoms with van der Waals surface area (Å²) in [5.41, 5.74) is 0.596. The van der Waals surface area contributed by atoms with Crippen molar-refractivity contribution < 1.29 is 9.53 Å². The van der Waals surface area contributed by atoms with Crippen LogP contribution in [0.5, 0.6) is 5.75 Å². The van der Waals surface area contributed by atoms with E-state index in [4.69, 9.17) is 16.3 Å². The second-order valence-electron chi connectivity index (χ2n) is 3.47. The van der Waals surface area contributed by atoms with Crippen LogP contribution in [0.4, 0.5) is 0 Å². The molecule has 0 aliphatic carbocycles. The molecule has 0 fully saturated rings. The van der Waals surface area contributed by atoms with Gasteiger partial charge in [-0.1, -0.05) is 6.92 Å². The van der Waals surface area contributed by atoms with E-state index in [1.54, 1.807) is 18.5 Å². The molecule has 0 bridgehead atoms. The van der Waals surface area contributed by atoms with Gasteiger partial charge in [-0.2, -0.15) is 0 Å². The highest BCUT2D eigenvalue weighted by atomic mass is 35.5. The number of hydrogen-bond acceptors (Lipinski definition) is 3. The lowest BCUT2D eigenvalue weighted by molar-refractivity contribution is 0.0981. The van der Waals surface area contributed by atoms with E-state index in [-0.39, 0.29) is 5.78 Å². The zero-order valence-corrected chi connectivity index (χ0v) is 10.2. The van der Waals surface area contributed by atoms with E-state index in [0.29, 0.717) is 36.6 Å². The number of aromatic nitrogens is 1. The van der Waals surface area contributed by atoms with Gasteiger partial charge in [0.25, 0.3) is 0 Å². The smallest absolute Gasteiger partial charge is 0.164 e. The van der Waals surface area contributed by atoms with Gasteiger partial charge >= 0.3 is 0 Å². The molecule has 0 saturated carbocycles. The Balaban J connectivity index is 2.62. The van der Waals surface area contributed by atoms with Gasteiger partial charge in [-0.25, -0.2) is 0 Å². The van der Waals surface area contributed by atoms with E-state index in [9.17, 15) is 4.79 Å². The van der Waals surface area contributed by atoms with E-state index in [1.165, 1.54) is 0 Å². The van der Waals surface area contributed by atoms with Crippen LogP contribution in [0, 0.1) is 0 Å². The largest absolute Gasteiger partial charge is 0.492 e. The Bertz CT molecular complexity index is 342. The maximum Gasteiger partial charge on any atom is 0.164 e. The Morgan fingerprint density at radius 2 is 2.31 bits per heavy atom. The minimum absolute atomic E-state index is 0.0649. The molecule has 0 spiro atoms. The predicted molar refractivity (Wildman–Crippen MR) is 64.3 cm³/mol. The van der Waals surface area contributed by atoms with Gasteiger partial charge in [0.05, 0.1) is 12.8 Å². The van der Waals surface area contributed by atoms with Crippen LogP contribution >= 0.6 is 11.6 Å². The molecule has 0 unspecified atom stereocenters. The van der Waals surface area contributed by atoms with E-state index in [2.05, 4.69) is 4.98 Å². The van der Waals surface area contributed by atoms with Crippen LogP contribution in [-0.2, 0) is 0 Å². The van der Waals surface area contributed by atoms with Crippen LogP contribution in [0.3, 0.4) is 0 Å². The minimum Gasteiger partial charge on any atom is -0.492 e. The van der Waals surface area contributed by atoms with Crippen LogP contribution in [0.25, 0.3) is 0 Å². The summed E-state index contributed by atoms with van der Waals surface area (Å²) in [6, 6.07) is 1.74. The van der Waals surface area contributed by atoms with Crippen LogP contribution in [0.2, 0.25) is 0 Å². The number of alkyl halides is 1. The Hall–Kier alpha value is -1.09. The van der Waals surface area contributed by atoms with Crippen molar-refractivity contribution in [3.05, 3.63) is 24.0 Å². The number of carbonyl (C=O) groups is 1. The summed E-state index contributed by atoms with van der Waals surface area (Å²) in [7, 11) is 0. The molecule has 0 radical (unpaired) electrons. The average molecular weight is 242 g/mol. The second kappa shape index (κ2) is 7.23. The number of rotatable bonds is 7. The Labute approximate surface area is 101 Å². The van der Waals surface area contributed by atoms with Crippen LogP contribution < -0.4 is 4.74 Å². The number of ether oxygens (including phenoxy) is 1. The van der Waals surface area contributed by atoms with E-state index >= 15 is 0 Å². The minimum atomic E-state index is 0.0649. The SMILES string of the molecule is CCCOc1cncc(C(=O)CCCCl)c1. The molecular formula is C12H16ClNO2. The molecule has 1 aromatic rings. The lowest BCUT2D eigenvalue weighted by Crippen LogP contribution is -2.02. The maximum atomic E-state index is 11.7. The highest BCUT2D eigenvalue weighted by molar-refractivity contribution is 6.18. The fraction of sp³-hybridized carbons (Fsp3) is 0.500. The zero-order chi connectivity index (χ0) is 11.8. The second-order valence-corrected chi connectivity index (χ2v) is 3.85. The van der Waals surface area contributed by atoms with Crippen molar-refractivity contribution in [2.45, 2.75) is 26.2 Å². The number of hydrogen-bond donors (Lipinski definition) is 0. The van der Waals surface area contributed by atoms with Gasteiger partial charge in [-0.05, 0) is 18.9 Å². The van der Waals surface area contributed by atoms with Crippen LogP contribution in [-0.4, -0.2) is 23.3 Å². The van der Waals surface area contributed by atoms with Gasteiger partial charge in [0.1, 0.15) is 5.75 Å². The van der Waals surface area contributed by atoms with Crippen molar-refractivity contribution in [3.8, 4) is 5.75 Å². The van der Waals surface area contributed by atoms with Gasteiger partial charge in [0.15, 0.2) is 5.78 Å². The van der Waals surface area contributed by atoms with Crippen molar-refractivity contribution in [2.24, 2.45) is 0 Å². The number of halogens is 1. The van der Waals surface area contributed by atoms with E-state index in [1.807, 2.05) is 6.92 Å². The molecule has 0 N–H and O–H groups in total. The van der Waals surface area contributed by atoms with Gasteiger partial charge in [-0.15, -0.1) is 11.6 Å². The molecule has 0 saturated heterocycles. The Morgan fingerprint density at radius 1 is 1.50 bits per heavy atom. The summed E-state index contributed by atoms with van der Waals surface area (Å²) in [4.78, 5) is 15.7. The summed E-state index contributed by atoms with van der Waals surface area (Å²) < 4.78 is 5.41. The topological polar surface area (TPSA) is 39.2 Å². The molecule has 16 heavy (non-hydrogen) atoms. The van der Waals surface area contributed by atoms with Crippen molar-refractivity contribution in [2.75, 3.05) is 12.5 Å². The summed E-state index contributed by atoms with van der Waals surface area (Å²) in [5.74, 6) is 1.22. The first-order valence-electron chi connectivity index (χ1n) is 5.45. The zero-order valence-electron chi connectivity index (χ0n) is 9.41. The molecule has 0 amide bonds. The van der Waals surface area contributed by atoms with Gasteiger partial charge in [-0.3, -0.25) is 9.78 Å². The third kappa shape index (κ3) is 4.19. The first kappa shape index (κ1) is 13.0. The third-order valence-corrected chi connectivity index (χ3v) is 2.31. The Kier molecular flexibility index (Phi) is 5.86. The fourth-order valence-corrected chi connectivity index (χ4v) is 1.38. The van der Waals surface area contributed by atoms with Crippen LogP contribution in [0.15, 0.2) is 18.5 Å². The molecule has 0 aliphatic heterocycles. The molecule has 0 atom stereocenters. The standard InChI is InChI=1S/C12H16ClNO2/c1-2-6-16-11-7-10(8-14-9-11)12(15)4-3-5-13/h7-9H,2-6H2,1H3. The van der Waals surface area contributed by atoms with Crippen molar-refractivity contribution >= 4 is 17.4 Å². The van der Waals surface area contributed by atoms with Crippen LogP contribution in [0.1, 0.15) is 36.5 Å². The monoisotopic (exact) mass is 241 g/mol. The number of carbonyl (C=O) groups excluding carboxylic acids is 1. The summed E-state index contributed by atoms with van der Waals surface area (Å²) in [5, 5.41) is 0. The summed E-state index contributed by atoms with van der Waals surface area (Å²) in [6.07, 6.45) is 5.27. The summed E-state index contributed by atoms with van der Waals surface area (Å²) >= 11 is 5.54. The predicted octanol–water partition coefficient (Wildman–Crippen LogP) is 3.07. The van der Waals surface area contributed by atoms with Crippen molar-refractivity contribution in [1.82, 2.24) is 4.98 Å². The third-order valence-electron chi connectivity index (χ3n) is 2.05. The van der Waals surface area contributed by atoms with Crippen molar-refractivity contribution in [3.63, 3.8) is 0 Å².